The van der Waals surface area contributed by atoms with Crippen LogP contribution in [-0.4, -0.2) is 18.5 Å². The molecule has 0 bridgehead atoms. The maximum absolute atomic E-state index is 10.8. The van der Waals surface area contributed by atoms with Crippen molar-refractivity contribution >= 4 is 22.2 Å². The van der Waals surface area contributed by atoms with Crippen LogP contribution in [0.3, 0.4) is 0 Å². The highest BCUT2D eigenvalue weighted by Crippen LogP contribution is 2.37. The van der Waals surface area contributed by atoms with Crippen LogP contribution in [0.15, 0.2) is 16.6 Å². The number of carbonyl (C=O) groups excluding carboxylic acids is 1. The predicted molar refractivity (Wildman–Crippen MR) is 71.1 cm³/mol. The number of hydrogen-bond acceptors (Lipinski definition) is 3. The Kier molecular flexibility index (Phi) is 5.00. The van der Waals surface area contributed by atoms with Crippen LogP contribution in [0.4, 0.5) is 0 Å². The van der Waals surface area contributed by atoms with E-state index < -0.39 is 0 Å². The van der Waals surface area contributed by atoms with Gasteiger partial charge in [-0.3, -0.25) is 4.79 Å². The molecule has 17 heavy (non-hydrogen) atoms. The molecule has 3 nitrogen and oxygen atoms in total. The van der Waals surface area contributed by atoms with E-state index in [-0.39, 0.29) is 12.2 Å². The van der Waals surface area contributed by atoms with Gasteiger partial charge in [-0.15, -0.1) is 0 Å². The smallest absolute Gasteiger partial charge is 0.175 e. The third kappa shape index (κ3) is 4.04. The fourth-order valence-electron chi connectivity index (χ4n) is 1.35. The first-order valence-corrected chi connectivity index (χ1v) is 6.35. The van der Waals surface area contributed by atoms with Gasteiger partial charge in [-0.1, -0.05) is 0 Å². The Morgan fingerprint density at radius 2 is 1.71 bits per heavy atom. The number of benzene rings is 1. The van der Waals surface area contributed by atoms with Crippen LogP contribution in [0.25, 0.3) is 0 Å². The molecule has 1 rings (SSSR count). The van der Waals surface area contributed by atoms with Crippen molar-refractivity contribution in [2.45, 2.75) is 39.9 Å². The molecule has 0 saturated heterocycles. The standard InChI is InChI=1S/C13H17BrO3/c1-8(2)16-12-6-10(7-15)5-11(14)13(12)17-9(3)4/h5-9H,1-4H3. The Hall–Kier alpha value is -1.03. The summed E-state index contributed by atoms with van der Waals surface area (Å²) < 4.78 is 12.1. The van der Waals surface area contributed by atoms with Crippen LogP contribution in [0.1, 0.15) is 38.1 Å². The van der Waals surface area contributed by atoms with E-state index in [0.29, 0.717) is 17.1 Å². The molecule has 0 N–H and O–H groups in total. The van der Waals surface area contributed by atoms with Gasteiger partial charge in [0.15, 0.2) is 11.5 Å². The Morgan fingerprint density at radius 3 is 2.18 bits per heavy atom. The van der Waals surface area contributed by atoms with Crippen LogP contribution < -0.4 is 9.47 Å². The van der Waals surface area contributed by atoms with Crippen molar-refractivity contribution in [3.8, 4) is 11.5 Å². The first-order valence-electron chi connectivity index (χ1n) is 5.56. The number of aldehydes is 1. The second kappa shape index (κ2) is 6.05. The molecule has 1 aromatic carbocycles. The lowest BCUT2D eigenvalue weighted by Gasteiger charge is -2.18. The summed E-state index contributed by atoms with van der Waals surface area (Å²) in [6.07, 6.45) is 0.859. The zero-order valence-electron chi connectivity index (χ0n) is 10.5. The molecule has 0 aliphatic rings. The lowest BCUT2D eigenvalue weighted by molar-refractivity contribution is 0.112. The van der Waals surface area contributed by atoms with Gasteiger partial charge in [0.2, 0.25) is 0 Å². The molecule has 0 fully saturated rings. The fourth-order valence-corrected chi connectivity index (χ4v) is 1.90. The lowest BCUT2D eigenvalue weighted by Crippen LogP contribution is -2.11. The molecular weight excluding hydrogens is 284 g/mol. The van der Waals surface area contributed by atoms with Gasteiger partial charge < -0.3 is 9.47 Å². The molecule has 94 valence electrons. The third-order valence-corrected chi connectivity index (χ3v) is 2.47. The van der Waals surface area contributed by atoms with Crippen LogP contribution in [0.2, 0.25) is 0 Å². The molecule has 0 radical (unpaired) electrons. The van der Waals surface area contributed by atoms with E-state index in [4.69, 9.17) is 9.47 Å². The third-order valence-electron chi connectivity index (χ3n) is 1.88. The number of ether oxygens (including phenoxy) is 2. The molecule has 0 amide bonds. The van der Waals surface area contributed by atoms with Crippen molar-refractivity contribution in [2.24, 2.45) is 0 Å². The Balaban J connectivity index is 3.18. The van der Waals surface area contributed by atoms with E-state index >= 15 is 0 Å². The highest BCUT2D eigenvalue weighted by Gasteiger charge is 2.14. The molecular formula is C13H17BrO3. The van der Waals surface area contributed by atoms with Crippen molar-refractivity contribution in [3.05, 3.63) is 22.2 Å². The summed E-state index contributed by atoms with van der Waals surface area (Å²) in [5, 5.41) is 0. The Bertz CT molecular complexity index is 400. The fraction of sp³-hybridized carbons (Fsp3) is 0.462. The van der Waals surface area contributed by atoms with Crippen LogP contribution >= 0.6 is 15.9 Å². The maximum atomic E-state index is 10.8. The quantitative estimate of drug-likeness (QED) is 0.775. The van der Waals surface area contributed by atoms with Gasteiger partial charge in [0.05, 0.1) is 16.7 Å². The van der Waals surface area contributed by atoms with Crippen LogP contribution in [-0.2, 0) is 0 Å². The van der Waals surface area contributed by atoms with Gasteiger partial charge in [-0.05, 0) is 55.8 Å². The highest BCUT2D eigenvalue weighted by atomic mass is 79.9. The Morgan fingerprint density at radius 1 is 1.12 bits per heavy atom. The second-order valence-corrected chi connectivity index (χ2v) is 5.14. The molecule has 0 aliphatic heterocycles. The van der Waals surface area contributed by atoms with Crippen molar-refractivity contribution in [1.82, 2.24) is 0 Å². The molecule has 0 spiro atoms. The van der Waals surface area contributed by atoms with E-state index in [2.05, 4.69) is 15.9 Å². The van der Waals surface area contributed by atoms with Gasteiger partial charge in [0.1, 0.15) is 6.29 Å². The molecule has 1 aromatic rings. The van der Waals surface area contributed by atoms with Gasteiger partial charge in [0, 0.05) is 5.56 Å². The molecule has 0 unspecified atom stereocenters. The largest absolute Gasteiger partial charge is 0.487 e. The highest BCUT2D eigenvalue weighted by molar-refractivity contribution is 9.10. The minimum atomic E-state index is 0.0262. The summed E-state index contributed by atoms with van der Waals surface area (Å²) in [6.45, 7) is 7.75. The first kappa shape index (κ1) is 14.0. The number of rotatable bonds is 5. The van der Waals surface area contributed by atoms with Crippen molar-refractivity contribution in [2.75, 3.05) is 0 Å². The summed E-state index contributed by atoms with van der Waals surface area (Å²) >= 11 is 3.39. The first-order chi connectivity index (χ1) is 7.93. The maximum Gasteiger partial charge on any atom is 0.175 e. The van der Waals surface area contributed by atoms with Gasteiger partial charge in [-0.2, -0.15) is 0 Å². The zero-order valence-corrected chi connectivity index (χ0v) is 12.1. The lowest BCUT2D eigenvalue weighted by atomic mass is 10.2. The van der Waals surface area contributed by atoms with E-state index in [1.54, 1.807) is 12.1 Å². The summed E-state index contributed by atoms with van der Waals surface area (Å²) in [4.78, 5) is 10.8. The van der Waals surface area contributed by atoms with Crippen molar-refractivity contribution in [1.29, 1.82) is 0 Å². The predicted octanol–water partition coefficient (Wildman–Crippen LogP) is 3.84. The van der Waals surface area contributed by atoms with Gasteiger partial charge in [0.25, 0.3) is 0 Å². The van der Waals surface area contributed by atoms with E-state index in [9.17, 15) is 4.79 Å². The summed E-state index contributed by atoms with van der Waals surface area (Å²) in [6, 6.07) is 3.41. The Labute approximate surface area is 110 Å². The minimum absolute atomic E-state index is 0.0262. The molecule has 0 atom stereocenters. The second-order valence-electron chi connectivity index (χ2n) is 4.28. The average Bonchev–Trinajstić information content (AvgIpc) is 2.21. The van der Waals surface area contributed by atoms with Crippen LogP contribution in [0, 0.1) is 0 Å². The summed E-state index contributed by atoms with van der Waals surface area (Å²) in [7, 11) is 0. The molecule has 0 heterocycles. The molecule has 0 saturated carbocycles. The van der Waals surface area contributed by atoms with Crippen molar-refractivity contribution in [3.63, 3.8) is 0 Å². The molecule has 0 aromatic heterocycles. The summed E-state index contributed by atoms with van der Waals surface area (Å²) in [5.41, 5.74) is 0.559. The zero-order chi connectivity index (χ0) is 13.0. The summed E-state index contributed by atoms with van der Waals surface area (Å²) in [5.74, 6) is 1.23. The minimum Gasteiger partial charge on any atom is -0.487 e. The molecule has 0 aliphatic carbocycles. The van der Waals surface area contributed by atoms with Gasteiger partial charge >= 0.3 is 0 Å². The topological polar surface area (TPSA) is 35.5 Å². The van der Waals surface area contributed by atoms with E-state index in [1.165, 1.54) is 0 Å². The van der Waals surface area contributed by atoms with E-state index in [1.807, 2.05) is 27.7 Å². The molecule has 4 heteroatoms. The number of halogens is 1. The number of hydrogen-bond donors (Lipinski definition) is 0. The monoisotopic (exact) mass is 300 g/mol. The van der Waals surface area contributed by atoms with Gasteiger partial charge in [-0.25, -0.2) is 0 Å². The van der Waals surface area contributed by atoms with Crippen LogP contribution in [0.5, 0.6) is 11.5 Å². The normalized spacial score (nSPS) is 10.8. The van der Waals surface area contributed by atoms with Crippen molar-refractivity contribution < 1.29 is 14.3 Å². The SMILES string of the molecule is CC(C)Oc1cc(C=O)cc(Br)c1OC(C)C. The average molecular weight is 301 g/mol. The van der Waals surface area contributed by atoms with E-state index in [0.717, 1.165) is 10.8 Å². The number of carbonyl (C=O) groups is 1.